The van der Waals surface area contributed by atoms with Crippen molar-refractivity contribution in [3.63, 3.8) is 0 Å². The van der Waals surface area contributed by atoms with Gasteiger partial charge in [0, 0.05) is 18.5 Å². The fraction of sp³-hybridized carbons (Fsp3) is 0.0769. The lowest BCUT2D eigenvalue weighted by Gasteiger charge is -2.09. The third-order valence-electron chi connectivity index (χ3n) is 2.44. The molecular formula is C13H10ClFN2O2. The molecule has 0 fully saturated rings. The molecule has 6 heteroatoms. The molecule has 1 aromatic heterocycles. The van der Waals surface area contributed by atoms with Crippen molar-refractivity contribution in [1.29, 1.82) is 0 Å². The molecule has 1 amide bonds. The minimum absolute atomic E-state index is 0.0252. The lowest BCUT2D eigenvalue weighted by atomic mass is 10.2. The number of ether oxygens (including phenoxy) is 1. The van der Waals surface area contributed by atoms with Crippen molar-refractivity contribution in [3.8, 4) is 5.75 Å². The molecule has 0 aliphatic carbocycles. The summed E-state index contributed by atoms with van der Waals surface area (Å²) in [4.78, 5) is 15.7. The van der Waals surface area contributed by atoms with Crippen molar-refractivity contribution in [2.24, 2.45) is 0 Å². The third kappa shape index (κ3) is 3.00. The van der Waals surface area contributed by atoms with E-state index in [2.05, 4.69) is 10.3 Å². The molecule has 0 aliphatic heterocycles. The Morgan fingerprint density at radius 3 is 2.89 bits per heavy atom. The number of aromatic nitrogens is 1. The highest BCUT2D eigenvalue weighted by Crippen LogP contribution is 2.22. The smallest absolute Gasteiger partial charge is 0.257 e. The van der Waals surface area contributed by atoms with E-state index in [1.54, 1.807) is 0 Å². The van der Waals surface area contributed by atoms with E-state index in [1.807, 2.05) is 0 Å². The molecule has 2 rings (SSSR count). The van der Waals surface area contributed by atoms with E-state index >= 15 is 0 Å². The first-order valence-electron chi connectivity index (χ1n) is 5.36. The Bertz CT molecular complexity index is 619. The summed E-state index contributed by atoms with van der Waals surface area (Å²) in [5.41, 5.74) is 0.246. The van der Waals surface area contributed by atoms with Crippen molar-refractivity contribution in [1.82, 2.24) is 4.98 Å². The van der Waals surface area contributed by atoms with Gasteiger partial charge < -0.3 is 10.1 Å². The molecule has 0 spiro atoms. The molecule has 0 bridgehead atoms. The fourth-order valence-corrected chi connectivity index (χ4v) is 1.68. The van der Waals surface area contributed by atoms with Gasteiger partial charge in [-0.05, 0) is 18.2 Å². The van der Waals surface area contributed by atoms with E-state index in [0.717, 1.165) is 0 Å². The van der Waals surface area contributed by atoms with Crippen molar-refractivity contribution >= 4 is 23.2 Å². The molecule has 0 radical (unpaired) electrons. The van der Waals surface area contributed by atoms with Crippen LogP contribution in [0.4, 0.5) is 10.1 Å². The Labute approximate surface area is 114 Å². The van der Waals surface area contributed by atoms with Gasteiger partial charge in [0.05, 0.1) is 23.4 Å². The molecule has 0 unspecified atom stereocenters. The molecule has 1 N–H and O–H groups in total. The number of carbonyl (C=O) groups excluding carboxylic acids is 1. The van der Waals surface area contributed by atoms with Crippen LogP contribution in [-0.2, 0) is 0 Å². The number of hydrogen-bond donors (Lipinski definition) is 1. The Morgan fingerprint density at radius 1 is 1.42 bits per heavy atom. The van der Waals surface area contributed by atoms with Gasteiger partial charge in [-0.2, -0.15) is 0 Å². The number of amides is 1. The van der Waals surface area contributed by atoms with Crippen LogP contribution < -0.4 is 10.1 Å². The largest absolute Gasteiger partial charge is 0.497 e. The number of benzene rings is 1. The van der Waals surface area contributed by atoms with E-state index in [1.165, 1.54) is 43.8 Å². The Hall–Kier alpha value is -2.14. The number of anilines is 1. The van der Waals surface area contributed by atoms with Crippen molar-refractivity contribution in [2.75, 3.05) is 12.4 Å². The molecule has 0 saturated carbocycles. The van der Waals surface area contributed by atoms with Crippen LogP contribution >= 0.6 is 11.6 Å². The average molecular weight is 281 g/mol. The van der Waals surface area contributed by atoms with Gasteiger partial charge in [0.2, 0.25) is 0 Å². The van der Waals surface area contributed by atoms with Crippen molar-refractivity contribution in [2.45, 2.75) is 0 Å². The molecular weight excluding hydrogens is 271 g/mol. The van der Waals surface area contributed by atoms with Gasteiger partial charge in [-0.1, -0.05) is 11.6 Å². The quantitative estimate of drug-likeness (QED) is 0.940. The van der Waals surface area contributed by atoms with Gasteiger partial charge in [0.15, 0.2) is 0 Å². The predicted molar refractivity (Wildman–Crippen MR) is 70.2 cm³/mol. The first-order valence-corrected chi connectivity index (χ1v) is 5.74. The normalized spacial score (nSPS) is 10.1. The summed E-state index contributed by atoms with van der Waals surface area (Å²) < 4.78 is 18.5. The molecule has 4 nitrogen and oxygen atoms in total. The van der Waals surface area contributed by atoms with Crippen LogP contribution in [0.1, 0.15) is 10.4 Å². The lowest BCUT2D eigenvalue weighted by molar-refractivity contribution is 0.102. The van der Waals surface area contributed by atoms with Crippen LogP contribution in [0.15, 0.2) is 36.7 Å². The maximum absolute atomic E-state index is 13.6. The van der Waals surface area contributed by atoms with E-state index < -0.39 is 11.7 Å². The first-order chi connectivity index (χ1) is 9.11. The van der Waals surface area contributed by atoms with Gasteiger partial charge in [-0.25, -0.2) is 4.39 Å². The standard InChI is InChI=1S/C13H10ClFN2O2/c1-19-8-2-3-11(15)12(6-8)17-13(18)9-4-5-16-7-10(9)14/h2-7H,1H3,(H,17,18). The maximum Gasteiger partial charge on any atom is 0.257 e. The summed E-state index contributed by atoms with van der Waals surface area (Å²) in [7, 11) is 1.46. The van der Waals surface area contributed by atoms with Crippen LogP contribution in [-0.4, -0.2) is 18.0 Å². The number of carbonyl (C=O) groups is 1. The monoisotopic (exact) mass is 280 g/mol. The van der Waals surface area contributed by atoms with Crippen molar-refractivity contribution in [3.05, 3.63) is 53.1 Å². The van der Waals surface area contributed by atoms with E-state index in [0.29, 0.717) is 5.75 Å². The summed E-state index contributed by atoms with van der Waals surface area (Å²) >= 11 is 5.84. The van der Waals surface area contributed by atoms with E-state index in [4.69, 9.17) is 16.3 Å². The fourth-order valence-electron chi connectivity index (χ4n) is 1.48. The van der Waals surface area contributed by atoms with E-state index in [9.17, 15) is 9.18 Å². The summed E-state index contributed by atoms with van der Waals surface area (Å²) in [6.07, 6.45) is 2.78. The SMILES string of the molecule is COc1ccc(F)c(NC(=O)c2ccncc2Cl)c1. The number of hydrogen-bond acceptors (Lipinski definition) is 3. The Balaban J connectivity index is 2.26. The summed E-state index contributed by atoms with van der Waals surface area (Å²) in [6, 6.07) is 5.52. The predicted octanol–water partition coefficient (Wildman–Crippen LogP) is 3.14. The molecule has 19 heavy (non-hydrogen) atoms. The molecule has 1 heterocycles. The molecule has 1 aromatic carbocycles. The number of nitrogens with zero attached hydrogens (tertiary/aromatic N) is 1. The minimum Gasteiger partial charge on any atom is -0.497 e. The first kappa shape index (κ1) is 13.3. The second-order valence-corrected chi connectivity index (χ2v) is 4.06. The zero-order valence-corrected chi connectivity index (χ0v) is 10.7. The third-order valence-corrected chi connectivity index (χ3v) is 2.74. The summed E-state index contributed by atoms with van der Waals surface area (Å²) in [6.45, 7) is 0. The van der Waals surface area contributed by atoms with Crippen LogP contribution in [0.5, 0.6) is 5.75 Å². The number of methoxy groups -OCH3 is 1. The Kier molecular flexibility index (Phi) is 3.97. The molecule has 0 atom stereocenters. The second kappa shape index (κ2) is 5.67. The highest BCUT2D eigenvalue weighted by atomic mass is 35.5. The number of nitrogens with one attached hydrogen (secondary N) is 1. The average Bonchev–Trinajstić information content (AvgIpc) is 2.41. The van der Waals surface area contributed by atoms with Crippen molar-refractivity contribution < 1.29 is 13.9 Å². The number of halogens is 2. The number of rotatable bonds is 3. The number of pyridine rings is 1. The summed E-state index contributed by atoms with van der Waals surface area (Å²) in [5.74, 6) is -0.628. The lowest BCUT2D eigenvalue weighted by Crippen LogP contribution is -2.13. The molecule has 0 saturated heterocycles. The molecule has 2 aromatic rings. The van der Waals surface area contributed by atoms with Gasteiger partial charge in [0.1, 0.15) is 11.6 Å². The topological polar surface area (TPSA) is 51.2 Å². The second-order valence-electron chi connectivity index (χ2n) is 3.66. The van der Waals surface area contributed by atoms with E-state index in [-0.39, 0.29) is 16.3 Å². The van der Waals surface area contributed by atoms with Gasteiger partial charge in [-0.3, -0.25) is 9.78 Å². The highest BCUT2D eigenvalue weighted by molar-refractivity contribution is 6.34. The maximum atomic E-state index is 13.6. The molecule has 98 valence electrons. The molecule has 0 aliphatic rings. The summed E-state index contributed by atoms with van der Waals surface area (Å²) in [5, 5.41) is 2.63. The highest BCUT2D eigenvalue weighted by Gasteiger charge is 2.13. The zero-order chi connectivity index (χ0) is 13.8. The van der Waals surface area contributed by atoms with Crippen LogP contribution in [0.2, 0.25) is 5.02 Å². The van der Waals surface area contributed by atoms with Crippen LogP contribution in [0.3, 0.4) is 0 Å². The van der Waals surface area contributed by atoms with Crippen LogP contribution in [0.25, 0.3) is 0 Å². The van der Waals surface area contributed by atoms with Crippen LogP contribution in [0, 0.1) is 5.82 Å². The minimum atomic E-state index is -0.556. The zero-order valence-electron chi connectivity index (χ0n) is 9.98. The van der Waals surface area contributed by atoms with Gasteiger partial charge >= 0.3 is 0 Å². The van der Waals surface area contributed by atoms with Gasteiger partial charge in [0.25, 0.3) is 5.91 Å². The van der Waals surface area contributed by atoms with Gasteiger partial charge in [-0.15, -0.1) is 0 Å². The Morgan fingerprint density at radius 2 is 2.21 bits per heavy atom.